The first kappa shape index (κ1) is 50.7. The number of unbranched alkanes of at least 4 members (excludes halogenated alkanes) is 1. The predicted molar refractivity (Wildman–Crippen MR) is 203 cm³/mol. The van der Waals surface area contributed by atoms with E-state index in [9.17, 15) is 35.1 Å². The van der Waals surface area contributed by atoms with Crippen molar-refractivity contribution in [2.45, 2.75) is 115 Å². The van der Waals surface area contributed by atoms with Gasteiger partial charge in [-0.2, -0.15) is 26.3 Å². The van der Waals surface area contributed by atoms with Gasteiger partial charge in [0, 0.05) is 6.61 Å². The highest BCUT2D eigenvalue weighted by Crippen LogP contribution is 2.48. The summed E-state index contributed by atoms with van der Waals surface area (Å²) in [5.41, 5.74) is 2.48. The van der Waals surface area contributed by atoms with Crippen LogP contribution in [0.1, 0.15) is 57.6 Å². The summed E-state index contributed by atoms with van der Waals surface area (Å²) < 4.78 is 144. The SMILES string of the molecule is CC1CO1.CCCCC(CC)COCC1CO1.Cc1ccc(OCC2CO2)cc1.FC(F)C(F)(F)C(F)(F)C(F)(F)COCC1CO1.c1ccc(COCC2CO2)cc1. The molecule has 0 N–H and O–H groups in total. The predicted octanol–water partition coefficient (Wildman–Crippen LogP) is 8.97. The van der Waals surface area contributed by atoms with Crippen molar-refractivity contribution in [3.63, 3.8) is 0 Å². The number of hydrogen-bond donors (Lipinski definition) is 0. The average molecular weight is 861 g/mol. The maximum absolute atomic E-state index is 12.8. The van der Waals surface area contributed by atoms with Crippen molar-refractivity contribution in [1.82, 2.24) is 0 Å². The fraction of sp³-hybridized carbons (Fsp3) is 0.714. The van der Waals surface area contributed by atoms with E-state index in [1.54, 1.807) is 0 Å². The van der Waals surface area contributed by atoms with Gasteiger partial charge in [-0.25, -0.2) is 8.78 Å². The zero-order valence-electron chi connectivity index (χ0n) is 34.2. The fourth-order valence-electron chi connectivity index (χ4n) is 4.51. The molecule has 5 fully saturated rings. The molecule has 0 radical (unpaired) electrons. The van der Waals surface area contributed by atoms with Gasteiger partial charge in [0.2, 0.25) is 0 Å². The lowest BCUT2D eigenvalue weighted by Gasteiger charge is -2.31. The summed E-state index contributed by atoms with van der Waals surface area (Å²) in [6, 6.07) is 18.2. The first-order valence-electron chi connectivity index (χ1n) is 20.0. The van der Waals surface area contributed by atoms with E-state index in [2.05, 4.69) is 49.3 Å². The van der Waals surface area contributed by atoms with Crippen LogP contribution < -0.4 is 4.74 Å². The largest absolute Gasteiger partial charge is 0.491 e. The molecular formula is C42H60F8O9. The maximum atomic E-state index is 12.8. The van der Waals surface area contributed by atoms with E-state index >= 15 is 0 Å². The molecule has 0 saturated carbocycles. The molecule has 17 heteroatoms. The number of ether oxygens (including phenoxy) is 9. The Hall–Kier alpha value is -2.64. The summed E-state index contributed by atoms with van der Waals surface area (Å²) in [6.45, 7) is 13.7. The first-order valence-corrected chi connectivity index (χ1v) is 20.0. The summed E-state index contributed by atoms with van der Waals surface area (Å²) >= 11 is 0. The zero-order valence-corrected chi connectivity index (χ0v) is 34.2. The molecule has 0 spiro atoms. The third-order valence-corrected chi connectivity index (χ3v) is 8.92. The highest BCUT2D eigenvalue weighted by molar-refractivity contribution is 5.26. The van der Waals surface area contributed by atoms with Crippen molar-refractivity contribution in [1.29, 1.82) is 0 Å². The number of aryl methyl sites for hydroxylation is 1. The van der Waals surface area contributed by atoms with E-state index in [-0.39, 0.29) is 6.61 Å². The van der Waals surface area contributed by atoms with Gasteiger partial charge in [0.15, 0.2) is 0 Å². The Kier molecular flexibility index (Phi) is 22.3. The minimum atomic E-state index is -6.21. The third-order valence-electron chi connectivity index (χ3n) is 8.92. The molecule has 0 aromatic heterocycles. The molecule has 5 aliphatic heterocycles. The normalized spacial score (nSPS) is 22.8. The second kappa shape index (κ2) is 26.0. The quantitative estimate of drug-likeness (QED) is 0.0849. The van der Waals surface area contributed by atoms with Crippen molar-refractivity contribution < 1.29 is 77.8 Å². The Morgan fingerprint density at radius 2 is 1.17 bits per heavy atom. The first-order chi connectivity index (χ1) is 28.1. The highest BCUT2D eigenvalue weighted by Gasteiger charge is 2.75. The number of halogens is 8. The standard InChI is InChI=1S/C11H22O2.2C10H12O2.C8H8F8O2.C3H6O/c1-3-5-6-10(4-2)7-12-8-11-9-13-11;1-8-2-4-9(5-3-8)11-6-10-7-12-10;1-2-4-9(5-3-1)6-11-7-10-8-12-10;9-5(10)7(13,14)8(15,16)6(11,12)3-17-1-4-2-18-4;1-3-2-4-3/h10-11H,3-9H2,1-2H3;2-5,10H,6-7H2,1H3;1-5,10H,6-8H2;4-5H,1-3H2;3H,2H2,1H3. The van der Waals surface area contributed by atoms with E-state index in [0.717, 1.165) is 57.9 Å². The number of hydrogen-bond acceptors (Lipinski definition) is 9. The van der Waals surface area contributed by atoms with Crippen LogP contribution in [0.5, 0.6) is 5.75 Å². The molecule has 5 heterocycles. The summed E-state index contributed by atoms with van der Waals surface area (Å²) in [4.78, 5) is 0. The minimum Gasteiger partial charge on any atom is -0.491 e. The maximum Gasteiger partial charge on any atom is 0.380 e. The number of epoxide rings is 5. The van der Waals surface area contributed by atoms with Gasteiger partial charge in [-0.3, -0.25) is 0 Å². The van der Waals surface area contributed by atoms with Crippen molar-refractivity contribution in [2.24, 2.45) is 5.92 Å². The van der Waals surface area contributed by atoms with Crippen LogP contribution >= 0.6 is 0 Å². The van der Waals surface area contributed by atoms with E-state index in [1.807, 2.05) is 42.5 Å². The lowest BCUT2D eigenvalue weighted by atomic mass is 10.0. The van der Waals surface area contributed by atoms with Crippen LogP contribution in [-0.2, 0) is 44.5 Å². The van der Waals surface area contributed by atoms with Crippen LogP contribution in [0.3, 0.4) is 0 Å². The number of alkyl halides is 8. The average Bonchev–Trinajstić information content (AvgIpc) is 4.00. The monoisotopic (exact) mass is 860 g/mol. The van der Waals surface area contributed by atoms with E-state index < -0.39 is 43.5 Å². The Morgan fingerprint density at radius 3 is 1.63 bits per heavy atom. The molecule has 7 rings (SSSR count). The van der Waals surface area contributed by atoms with Gasteiger partial charge < -0.3 is 42.6 Å². The van der Waals surface area contributed by atoms with Gasteiger partial charge in [-0.05, 0) is 43.9 Å². The molecule has 0 aliphatic carbocycles. The van der Waals surface area contributed by atoms with Crippen LogP contribution in [0.2, 0.25) is 0 Å². The van der Waals surface area contributed by atoms with Crippen molar-refractivity contribution in [3.8, 4) is 5.75 Å². The summed E-state index contributed by atoms with van der Waals surface area (Å²) in [7, 11) is 0. The van der Waals surface area contributed by atoms with Crippen LogP contribution in [0.15, 0.2) is 54.6 Å². The van der Waals surface area contributed by atoms with Gasteiger partial charge >= 0.3 is 24.2 Å². The van der Waals surface area contributed by atoms with Crippen molar-refractivity contribution in [3.05, 3.63) is 65.7 Å². The van der Waals surface area contributed by atoms with Crippen LogP contribution in [0.25, 0.3) is 0 Å². The molecular weight excluding hydrogens is 800 g/mol. The molecule has 5 saturated heterocycles. The van der Waals surface area contributed by atoms with Crippen molar-refractivity contribution in [2.75, 3.05) is 72.7 Å². The molecule has 338 valence electrons. The second-order valence-corrected chi connectivity index (χ2v) is 14.8. The van der Waals surface area contributed by atoms with Gasteiger partial charge in [-0.1, -0.05) is 81.1 Å². The van der Waals surface area contributed by atoms with Gasteiger partial charge in [-0.15, -0.1) is 0 Å². The fourth-order valence-corrected chi connectivity index (χ4v) is 4.51. The van der Waals surface area contributed by atoms with Crippen molar-refractivity contribution >= 4 is 0 Å². The van der Waals surface area contributed by atoms with Crippen LogP contribution in [-0.4, -0.2) is 127 Å². The molecule has 0 amide bonds. The molecule has 9 nitrogen and oxygen atoms in total. The highest BCUT2D eigenvalue weighted by atomic mass is 19.4. The van der Waals surface area contributed by atoms with E-state index in [1.165, 1.54) is 36.8 Å². The van der Waals surface area contributed by atoms with Gasteiger partial charge in [0.25, 0.3) is 0 Å². The third kappa shape index (κ3) is 22.1. The van der Waals surface area contributed by atoms with Crippen LogP contribution in [0.4, 0.5) is 35.1 Å². The lowest BCUT2D eigenvalue weighted by molar-refractivity contribution is -0.346. The molecule has 5 aliphatic rings. The summed E-state index contributed by atoms with van der Waals surface area (Å²) in [5.74, 6) is -16.1. The van der Waals surface area contributed by atoms with Crippen LogP contribution in [0, 0.1) is 12.8 Å². The summed E-state index contributed by atoms with van der Waals surface area (Å²) in [5, 5.41) is 0. The zero-order chi connectivity index (χ0) is 43.3. The van der Waals surface area contributed by atoms with E-state index in [0.29, 0.717) is 37.6 Å². The smallest absolute Gasteiger partial charge is 0.380 e. The Balaban J connectivity index is 0.000000206. The van der Waals surface area contributed by atoms with E-state index in [4.69, 9.17) is 33.2 Å². The molecule has 2 aromatic carbocycles. The Morgan fingerprint density at radius 1 is 0.678 bits per heavy atom. The molecule has 6 atom stereocenters. The number of benzene rings is 2. The minimum absolute atomic E-state index is 0.176. The molecule has 59 heavy (non-hydrogen) atoms. The summed E-state index contributed by atoms with van der Waals surface area (Å²) in [6.07, 6.45) is 1.44. The number of rotatable bonds is 22. The molecule has 6 unspecified atom stereocenters. The second-order valence-electron chi connectivity index (χ2n) is 14.8. The molecule has 2 aromatic rings. The van der Waals surface area contributed by atoms with Gasteiger partial charge in [0.05, 0.1) is 65.6 Å². The Bertz CT molecular complexity index is 1370. The van der Waals surface area contributed by atoms with Gasteiger partial charge in [0.1, 0.15) is 43.4 Å². The lowest BCUT2D eigenvalue weighted by Crippen LogP contribution is -2.59. The molecule has 0 bridgehead atoms. The topological polar surface area (TPSA) is 99.6 Å². The Labute approximate surface area is 342 Å².